The minimum absolute atomic E-state index is 0.0602. The van der Waals surface area contributed by atoms with Crippen molar-refractivity contribution in [2.45, 2.75) is 19.9 Å². The molecule has 13 heavy (non-hydrogen) atoms. The minimum atomic E-state index is -1.53. The van der Waals surface area contributed by atoms with Gasteiger partial charge in [0.2, 0.25) is 0 Å². The zero-order chi connectivity index (χ0) is 10.6. The average molecular weight is 207 g/mol. The molecule has 5 nitrogen and oxygen atoms in total. The average Bonchev–Trinajstić information content (AvgIpc) is 1.97. The van der Waals surface area contributed by atoms with E-state index in [4.69, 9.17) is 10.8 Å². The second-order valence-corrected chi connectivity index (χ2v) is 5.07. The molecule has 0 unspecified atom stereocenters. The fraction of sp³-hybridized carbons (Fsp3) is 0.571. The summed E-state index contributed by atoms with van der Waals surface area (Å²) in [7, 11) is -1.53. The summed E-state index contributed by atoms with van der Waals surface area (Å²) in [5, 5.41) is 7.90. The first-order chi connectivity index (χ1) is 5.86. The molecule has 0 radical (unpaired) electrons. The summed E-state index contributed by atoms with van der Waals surface area (Å²) in [4.78, 5) is 32.1. The van der Waals surface area contributed by atoms with Crippen LogP contribution in [0.1, 0.15) is 13.8 Å². The van der Waals surface area contributed by atoms with Gasteiger partial charge >= 0.3 is 5.97 Å². The van der Waals surface area contributed by atoms with Gasteiger partial charge in [-0.3, -0.25) is 14.4 Å². The molecular formula is C7H13NO4S. The first-order valence-electron chi connectivity index (χ1n) is 3.63. The number of hydrogen-bond acceptors (Lipinski definition) is 4. The third-order valence-electron chi connectivity index (χ3n) is 1.46. The highest BCUT2D eigenvalue weighted by molar-refractivity contribution is 8.41. The number of carboxylic acid groups (broad SMARTS) is 1. The molecule has 0 bridgehead atoms. The summed E-state index contributed by atoms with van der Waals surface area (Å²) in [6.45, 7) is 2.56. The summed E-state index contributed by atoms with van der Waals surface area (Å²) in [6, 6.07) is -1.13. The predicted molar refractivity (Wildman–Crippen MR) is 50.8 cm³/mol. The summed E-state index contributed by atoms with van der Waals surface area (Å²) >= 11 is 0. The van der Waals surface area contributed by atoms with Gasteiger partial charge in [-0.15, -0.1) is 10.9 Å². The molecule has 0 amide bonds. The highest BCUT2D eigenvalue weighted by Gasteiger charge is 2.21. The Labute approximate surface area is 78.6 Å². The largest absolute Gasteiger partial charge is 0.480 e. The van der Waals surface area contributed by atoms with Gasteiger partial charge < -0.3 is 10.8 Å². The summed E-state index contributed by atoms with van der Waals surface area (Å²) in [5.41, 5.74) is 5.21. The van der Waals surface area contributed by atoms with Crippen molar-refractivity contribution in [2.24, 2.45) is 5.73 Å². The first-order valence-corrected chi connectivity index (χ1v) is 5.16. The van der Waals surface area contributed by atoms with Gasteiger partial charge in [-0.05, 0) is 0 Å². The number of thiol groups is 1. The van der Waals surface area contributed by atoms with Gasteiger partial charge in [0.25, 0.3) is 0 Å². The molecule has 0 saturated heterocycles. The lowest BCUT2D eigenvalue weighted by atomic mass is 10.4. The molecule has 0 fully saturated rings. The van der Waals surface area contributed by atoms with Crippen molar-refractivity contribution < 1.29 is 19.5 Å². The number of carbonyl (C=O) groups excluding carboxylic acids is 2. The minimum Gasteiger partial charge on any atom is -0.480 e. The van der Waals surface area contributed by atoms with Gasteiger partial charge in [0, 0.05) is 19.6 Å². The van der Waals surface area contributed by atoms with Gasteiger partial charge in [-0.2, -0.15) is 0 Å². The molecule has 0 heterocycles. The van der Waals surface area contributed by atoms with Crippen LogP contribution in [0.25, 0.3) is 0 Å². The Kier molecular flexibility index (Phi) is 4.64. The molecule has 76 valence electrons. The number of carbonyl (C=O) groups is 3. The second kappa shape index (κ2) is 4.98. The topological polar surface area (TPSA) is 97.5 Å². The quantitative estimate of drug-likeness (QED) is 0.542. The van der Waals surface area contributed by atoms with Gasteiger partial charge in [0.1, 0.15) is 6.04 Å². The van der Waals surface area contributed by atoms with Crippen LogP contribution in [0.15, 0.2) is 0 Å². The van der Waals surface area contributed by atoms with E-state index in [1.807, 2.05) is 0 Å². The lowest BCUT2D eigenvalue weighted by molar-refractivity contribution is -0.137. The molecule has 0 aromatic carbocycles. The van der Waals surface area contributed by atoms with Crippen LogP contribution < -0.4 is 5.73 Å². The van der Waals surface area contributed by atoms with Crippen LogP contribution in [0.2, 0.25) is 0 Å². The Morgan fingerprint density at radius 1 is 1.31 bits per heavy atom. The molecule has 3 N–H and O–H groups in total. The third kappa shape index (κ3) is 4.05. The van der Waals surface area contributed by atoms with Crippen LogP contribution in [0, 0.1) is 0 Å². The zero-order valence-corrected chi connectivity index (χ0v) is 8.38. The van der Waals surface area contributed by atoms with Gasteiger partial charge in [-0.25, -0.2) is 0 Å². The van der Waals surface area contributed by atoms with Crippen molar-refractivity contribution in [3.8, 4) is 0 Å². The van der Waals surface area contributed by atoms with E-state index in [9.17, 15) is 14.4 Å². The van der Waals surface area contributed by atoms with Crippen LogP contribution in [0.5, 0.6) is 0 Å². The van der Waals surface area contributed by atoms with Crippen LogP contribution in [-0.2, 0) is 14.4 Å². The zero-order valence-electron chi connectivity index (χ0n) is 7.48. The molecule has 0 aliphatic heterocycles. The van der Waals surface area contributed by atoms with Gasteiger partial charge in [0.15, 0.2) is 10.2 Å². The van der Waals surface area contributed by atoms with Crippen LogP contribution in [-0.4, -0.2) is 33.1 Å². The fourth-order valence-electron chi connectivity index (χ4n) is 0.754. The Bertz CT molecular complexity index is 227. The molecule has 1 atom stereocenters. The van der Waals surface area contributed by atoms with Crippen LogP contribution >= 0.6 is 10.9 Å². The smallest absolute Gasteiger partial charge is 0.321 e. The van der Waals surface area contributed by atoms with Gasteiger partial charge in [-0.1, -0.05) is 0 Å². The van der Waals surface area contributed by atoms with E-state index in [0.29, 0.717) is 0 Å². The summed E-state index contributed by atoms with van der Waals surface area (Å²) in [5.74, 6) is -1.25. The fourth-order valence-corrected chi connectivity index (χ4v) is 2.26. The molecule has 0 saturated carbocycles. The Morgan fingerprint density at radius 3 is 1.92 bits per heavy atom. The molecule has 0 aromatic rings. The molecule has 0 aliphatic carbocycles. The standard InChI is InChI=1S/C7H13NO4S/c1-4(9)13(5(2)10)3-6(8)7(11)12/h6,13H,3,8H2,1-2H3,(H,11,12)/t6-/m0/s1. The number of hydrogen-bond donors (Lipinski definition) is 3. The molecule has 6 heteroatoms. The van der Waals surface area contributed by atoms with E-state index < -0.39 is 22.9 Å². The van der Waals surface area contributed by atoms with E-state index in [1.54, 1.807) is 0 Å². The molecular weight excluding hydrogens is 194 g/mol. The third-order valence-corrected chi connectivity index (χ3v) is 3.74. The lowest BCUT2D eigenvalue weighted by Gasteiger charge is -2.16. The maximum absolute atomic E-state index is 10.9. The van der Waals surface area contributed by atoms with Crippen molar-refractivity contribution >= 4 is 27.1 Å². The maximum atomic E-state index is 10.9. The summed E-state index contributed by atoms with van der Waals surface area (Å²) < 4.78 is 0. The highest BCUT2D eigenvalue weighted by Crippen LogP contribution is 2.27. The van der Waals surface area contributed by atoms with E-state index >= 15 is 0 Å². The number of nitrogens with two attached hydrogens (primary N) is 1. The van der Waals surface area contributed by atoms with Crippen molar-refractivity contribution in [3.05, 3.63) is 0 Å². The van der Waals surface area contributed by atoms with Crippen molar-refractivity contribution in [3.63, 3.8) is 0 Å². The Morgan fingerprint density at radius 2 is 1.69 bits per heavy atom. The summed E-state index contributed by atoms with van der Waals surface area (Å²) in [6.07, 6.45) is 0. The first kappa shape index (κ1) is 12.1. The van der Waals surface area contributed by atoms with E-state index in [1.165, 1.54) is 13.8 Å². The van der Waals surface area contributed by atoms with Crippen LogP contribution in [0.3, 0.4) is 0 Å². The Balaban J connectivity index is 4.35. The highest BCUT2D eigenvalue weighted by atomic mass is 32.2. The molecule has 0 spiro atoms. The van der Waals surface area contributed by atoms with E-state index in [0.717, 1.165) is 0 Å². The van der Waals surface area contributed by atoms with Crippen molar-refractivity contribution in [1.82, 2.24) is 0 Å². The molecule has 0 rings (SSSR count). The lowest BCUT2D eigenvalue weighted by Crippen LogP contribution is -2.35. The van der Waals surface area contributed by atoms with Crippen molar-refractivity contribution in [1.29, 1.82) is 0 Å². The second-order valence-electron chi connectivity index (χ2n) is 2.59. The predicted octanol–water partition coefficient (Wildman–Crippen LogP) is -0.508. The van der Waals surface area contributed by atoms with E-state index in [-0.39, 0.29) is 16.0 Å². The maximum Gasteiger partial charge on any atom is 0.321 e. The Hall–Kier alpha value is -0.880. The van der Waals surface area contributed by atoms with Gasteiger partial charge in [0.05, 0.1) is 0 Å². The number of rotatable bonds is 3. The SMILES string of the molecule is CC(=O)[SH](C[C@H](N)C(=O)O)C(C)=O. The molecule has 0 aliphatic rings. The monoisotopic (exact) mass is 207 g/mol. The van der Waals surface area contributed by atoms with Crippen LogP contribution in [0.4, 0.5) is 0 Å². The number of aliphatic carboxylic acids is 1. The van der Waals surface area contributed by atoms with Crippen molar-refractivity contribution in [2.75, 3.05) is 5.75 Å². The molecule has 0 aromatic heterocycles. The number of carboxylic acids is 1. The van der Waals surface area contributed by atoms with E-state index in [2.05, 4.69) is 0 Å². The normalized spacial score (nSPS) is 13.3.